The van der Waals surface area contributed by atoms with Gasteiger partial charge in [0.15, 0.2) is 5.69 Å². The number of esters is 1. The third kappa shape index (κ3) is 4.58. The van der Waals surface area contributed by atoms with E-state index in [1.807, 2.05) is 0 Å². The van der Waals surface area contributed by atoms with E-state index in [9.17, 15) is 4.79 Å². The van der Waals surface area contributed by atoms with Crippen LogP contribution in [0.5, 0.6) is 0 Å². The first-order valence-electron chi connectivity index (χ1n) is 5.91. The highest BCUT2D eigenvalue weighted by molar-refractivity contribution is 6.83. The van der Waals surface area contributed by atoms with Crippen LogP contribution in [-0.4, -0.2) is 25.6 Å². The number of pyridine rings is 1. The second-order valence-electron chi connectivity index (χ2n) is 4.98. The van der Waals surface area contributed by atoms with Crippen molar-refractivity contribution in [1.82, 2.24) is 4.98 Å². The number of nitrogen functional groups attached to an aromatic ring is 1. The minimum atomic E-state index is -1.54. The lowest BCUT2D eigenvalue weighted by molar-refractivity contribution is 0.0519. The molecule has 1 heterocycles. The molecule has 0 aliphatic rings. The molecule has 1 rings (SSSR count). The normalized spacial score (nSPS) is 10.6. The van der Waals surface area contributed by atoms with Crippen LogP contribution in [0.25, 0.3) is 0 Å². The molecule has 0 atom stereocenters. The van der Waals surface area contributed by atoms with Gasteiger partial charge in [0, 0.05) is 0 Å². The van der Waals surface area contributed by atoms with Crippen LogP contribution >= 0.6 is 11.6 Å². The minimum absolute atomic E-state index is 0.0533. The SMILES string of the molecule is CCOC(=O)c1nc(C#C[Si](C)(C)C)c(N)cc1Cl. The first-order chi connectivity index (χ1) is 8.74. The number of aromatic nitrogens is 1. The topological polar surface area (TPSA) is 65.2 Å². The van der Waals surface area contributed by atoms with Crippen LogP contribution in [-0.2, 0) is 4.74 Å². The number of nitrogens with two attached hydrogens (primary N) is 1. The molecule has 1 aromatic rings. The molecule has 6 heteroatoms. The monoisotopic (exact) mass is 296 g/mol. The molecular weight excluding hydrogens is 280 g/mol. The van der Waals surface area contributed by atoms with E-state index in [0.29, 0.717) is 11.4 Å². The maximum Gasteiger partial charge on any atom is 0.358 e. The van der Waals surface area contributed by atoms with Crippen molar-refractivity contribution in [2.75, 3.05) is 12.3 Å². The van der Waals surface area contributed by atoms with Crippen molar-refractivity contribution in [3.8, 4) is 11.5 Å². The molecule has 2 N–H and O–H groups in total. The Morgan fingerprint density at radius 2 is 2.16 bits per heavy atom. The summed E-state index contributed by atoms with van der Waals surface area (Å²) in [7, 11) is -1.54. The zero-order valence-electron chi connectivity index (χ0n) is 11.5. The Morgan fingerprint density at radius 1 is 1.53 bits per heavy atom. The zero-order chi connectivity index (χ0) is 14.6. The fourth-order valence-corrected chi connectivity index (χ4v) is 1.92. The van der Waals surface area contributed by atoms with Crippen LogP contribution in [0, 0.1) is 11.5 Å². The highest BCUT2D eigenvalue weighted by atomic mass is 35.5. The molecule has 0 amide bonds. The summed E-state index contributed by atoms with van der Waals surface area (Å²) < 4.78 is 4.88. The molecule has 0 aliphatic heterocycles. The molecule has 102 valence electrons. The van der Waals surface area contributed by atoms with Gasteiger partial charge in [-0.2, -0.15) is 0 Å². The van der Waals surface area contributed by atoms with Crippen LogP contribution < -0.4 is 5.73 Å². The minimum Gasteiger partial charge on any atom is -0.461 e. The van der Waals surface area contributed by atoms with Gasteiger partial charge in [-0.25, -0.2) is 9.78 Å². The van der Waals surface area contributed by atoms with Crippen molar-refractivity contribution in [2.45, 2.75) is 26.6 Å². The lowest BCUT2D eigenvalue weighted by Gasteiger charge is -2.07. The predicted molar refractivity (Wildman–Crippen MR) is 79.8 cm³/mol. The first kappa shape index (κ1) is 15.5. The summed E-state index contributed by atoms with van der Waals surface area (Å²) in [4.78, 5) is 15.8. The van der Waals surface area contributed by atoms with E-state index in [2.05, 4.69) is 36.1 Å². The second kappa shape index (κ2) is 6.09. The van der Waals surface area contributed by atoms with Gasteiger partial charge in [0.05, 0.1) is 17.3 Å². The zero-order valence-corrected chi connectivity index (χ0v) is 13.3. The summed E-state index contributed by atoms with van der Waals surface area (Å²) in [6, 6.07) is 1.48. The van der Waals surface area contributed by atoms with Crippen molar-refractivity contribution in [3.05, 3.63) is 22.5 Å². The average molecular weight is 297 g/mol. The van der Waals surface area contributed by atoms with Gasteiger partial charge >= 0.3 is 5.97 Å². The van der Waals surface area contributed by atoms with Gasteiger partial charge in [-0.1, -0.05) is 37.2 Å². The van der Waals surface area contributed by atoms with E-state index in [0.717, 1.165) is 0 Å². The van der Waals surface area contributed by atoms with Crippen LogP contribution in [0.15, 0.2) is 6.07 Å². The van der Waals surface area contributed by atoms with Crippen LogP contribution in [0.3, 0.4) is 0 Å². The number of nitrogens with zero attached hydrogens (tertiary/aromatic N) is 1. The molecular formula is C13H17ClN2O2Si. The Balaban J connectivity index is 3.23. The summed E-state index contributed by atoms with van der Waals surface area (Å²) in [6.07, 6.45) is 0. The Hall–Kier alpha value is -1.51. The Labute approximate surface area is 119 Å². The lowest BCUT2D eigenvalue weighted by atomic mass is 10.2. The number of halogens is 1. The highest BCUT2D eigenvalue weighted by Crippen LogP contribution is 2.20. The number of carbonyl (C=O) groups excluding carboxylic acids is 1. The van der Waals surface area contributed by atoms with Gasteiger partial charge in [0.2, 0.25) is 0 Å². The fraction of sp³-hybridized carbons (Fsp3) is 0.385. The predicted octanol–water partition coefficient (Wildman–Crippen LogP) is 2.72. The number of rotatable bonds is 2. The van der Waals surface area contributed by atoms with Gasteiger partial charge < -0.3 is 10.5 Å². The van der Waals surface area contributed by atoms with Gasteiger partial charge in [-0.3, -0.25) is 0 Å². The summed E-state index contributed by atoms with van der Waals surface area (Å²) in [5.41, 5.74) is 9.74. The Kier molecular flexibility index (Phi) is 4.98. The summed E-state index contributed by atoms with van der Waals surface area (Å²) in [6.45, 7) is 8.31. The third-order valence-corrected chi connectivity index (χ3v) is 3.19. The molecule has 0 bridgehead atoms. The number of ether oxygens (including phenoxy) is 1. The van der Waals surface area contributed by atoms with Crippen molar-refractivity contribution in [2.24, 2.45) is 0 Å². The van der Waals surface area contributed by atoms with Gasteiger partial charge in [-0.05, 0) is 13.0 Å². The molecule has 19 heavy (non-hydrogen) atoms. The first-order valence-corrected chi connectivity index (χ1v) is 9.78. The van der Waals surface area contributed by atoms with E-state index in [1.165, 1.54) is 6.07 Å². The molecule has 0 saturated carbocycles. The molecule has 0 radical (unpaired) electrons. The van der Waals surface area contributed by atoms with Crippen molar-refractivity contribution in [3.63, 3.8) is 0 Å². The molecule has 1 aromatic heterocycles. The van der Waals surface area contributed by atoms with Crippen LogP contribution in [0.2, 0.25) is 24.7 Å². The van der Waals surface area contributed by atoms with E-state index in [4.69, 9.17) is 22.1 Å². The average Bonchev–Trinajstić information content (AvgIpc) is 2.26. The molecule has 0 saturated heterocycles. The van der Waals surface area contributed by atoms with E-state index in [-0.39, 0.29) is 17.3 Å². The lowest BCUT2D eigenvalue weighted by Crippen LogP contribution is -2.16. The van der Waals surface area contributed by atoms with Crippen molar-refractivity contribution < 1.29 is 9.53 Å². The molecule has 0 aromatic carbocycles. The van der Waals surface area contributed by atoms with E-state index in [1.54, 1.807) is 6.92 Å². The third-order valence-electron chi connectivity index (χ3n) is 2.03. The van der Waals surface area contributed by atoms with Crippen LogP contribution in [0.1, 0.15) is 23.1 Å². The molecule has 4 nitrogen and oxygen atoms in total. The number of anilines is 1. The quantitative estimate of drug-likeness (QED) is 0.518. The summed E-state index contributed by atoms with van der Waals surface area (Å²) >= 11 is 5.94. The van der Waals surface area contributed by atoms with Gasteiger partial charge in [0.25, 0.3) is 0 Å². The largest absolute Gasteiger partial charge is 0.461 e. The highest BCUT2D eigenvalue weighted by Gasteiger charge is 2.16. The summed E-state index contributed by atoms with van der Waals surface area (Å²) in [5, 5.41) is 0.175. The number of carbonyl (C=O) groups is 1. The van der Waals surface area contributed by atoms with Crippen molar-refractivity contribution >= 4 is 31.3 Å². The van der Waals surface area contributed by atoms with E-state index >= 15 is 0 Å². The number of hydrogen-bond acceptors (Lipinski definition) is 4. The van der Waals surface area contributed by atoms with E-state index < -0.39 is 14.0 Å². The Morgan fingerprint density at radius 3 is 2.68 bits per heavy atom. The van der Waals surface area contributed by atoms with Gasteiger partial charge in [0.1, 0.15) is 13.8 Å². The molecule has 0 spiro atoms. The van der Waals surface area contributed by atoms with Crippen molar-refractivity contribution in [1.29, 1.82) is 0 Å². The molecule has 0 unspecified atom stereocenters. The summed E-state index contributed by atoms with van der Waals surface area (Å²) in [5.74, 6) is 2.36. The number of hydrogen-bond donors (Lipinski definition) is 1. The van der Waals surface area contributed by atoms with Crippen LogP contribution in [0.4, 0.5) is 5.69 Å². The smallest absolute Gasteiger partial charge is 0.358 e. The molecule has 0 aliphatic carbocycles. The second-order valence-corrected chi connectivity index (χ2v) is 10.1. The Bertz CT molecular complexity index is 556. The fourth-order valence-electron chi connectivity index (χ4n) is 1.19. The maximum atomic E-state index is 11.7. The maximum absolute atomic E-state index is 11.7. The molecule has 0 fully saturated rings. The van der Waals surface area contributed by atoms with Gasteiger partial charge in [-0.15, -0.1) is 5.54 Å². The standard InChI is InChI=1S/C13H17ClN2O2Si/c1-5-18-13(17)12-9(14)8-10(15)11(16-12)6-7-19(2,3)4/h8H,5,15H2,1-4H3.